The Morgan fingerprint density at radius 3 is 2.45 bits per heavy atom. The van der Waals surface area contributed by atoms with Gasteiger partial charge in [-0.2, -0.15) is 0 Å². The summed E-state index contributed by atoms with van der Waals surface area (Å²) in [4.78, 5) is 11.6. The van der Waals surface area contributed by atoms with E-state index in [0.717, 1.165) is 37.3 Å². The van der Waals surface area contributed by atoms with Crippen molar-refractivity contribution in [3.63, 3.8) is 0 Å². The van der Waals surface area contributed by atoms with E-state index in [0.29, 0.717) is 13.2 Å². The molecule has 0 unspecified atom stereocenters. The average molecular weight is 303 g/mol. The Morgan fingerprint density at radius 1 is 1.25 bits per heavy atom. The molecule has 0 heterocycles. The van der Waals surface area contributed by atoms with Crippen LogP contribution >= 0.6 is 11.8 Å². The molecule has 0 aromatic rings. The summed E-state index contributed by atoms with van der Waals surface area (Å²) in [5.74, 6) is 0.899. The third-order valence-corrected chi connectivity index (χ3v) is 3.46. The summed E-state index contributed by atoms with van der Waals surface area (Å²) in [7, 11) is 0. The largest absolute Gasteiger partial charge is 0.388 e. The number of hydrogen-bond acceptors (Lipinski definition) is 5. The number of thioether (sulfide) groups is 1. The van der Waals surface area contributed by atoms with E-state index in [9.17, 15) is 4.79 Å². The molecule has 0 aromatic carbocycles. The number of unbranched alkanes of at least 4 members (excludes halogenated alkanes) is 1. The highest BCUT2D eigenvalue weighted by molar-refractivity contribution is 8.14. The zero-order chi connectivity index (χ0) is 15.2. The number of carbonyl (C=O) groups is 1. The summed E-state index contributed by atoms with van der Waals surface area (Å²) < 4.78 is 10.9. The van der Waals surface area contributed by atoms with Crippen LogP contribution in [-0.4, -0.2) is 36.9 Å². The first-order valence-electron chi connectivity index (χ1n) is 7.46. The molecule has 0 radical (unpaired) electrons. The molecule has 0 bridgehead atoms. The third kappa shape index (κ3) is 11.3. The third-order valence-electron chi connectivity index (χ3n) is 2.57. The molecule has 20 heavy (non-hydrogen) atoms. The van der Waals surface area contributed by atoms with Crippen molar-refractivity contribution in [1.82, 2.24) is 5.32 Å². The summed E-state index contributed by atoms with van der Waals surface area (Å²) >= 11 is 1.38. The minimum Gasteiger partial charge on any atom is -0.388 e. The Balaban J connectivity index is 3.88. The lowest BCUT2D eigenvalue weighted by atomic mass is 10.3. The van der Waals surface area contributed by atoms with Crippen molar-refractivity contribution >= 4 is 16.9 Å². The maximum atomic E-state index is 11.6. The van der Waals surface area contributed by atoms with Gasteiger partial charge in [0.15, 0.2) is 6.29 Å². The molecule has 0 rings (SSSR count). The van der Waals surface area contributed by atoms with E-state index in [4.69, 9.17) is 9.47 Å². The van der Waals surface area contributed by atoms with E-state index in [-0.39, 0.29) is 11.4 Å². The summed E-state index contributed by atoms with van der Waals surface area (Å²) in [6.07, 6.45) is 4.47. The van der Waals surface area contributed by atoms with E-state index in [1.165, 1.54) is 11.8 Å². The Hall–Kier alpha value is -0.520. The number of rotatable bonds is 12. The number of nitrogens with one attached hydrogen (secondary N) is 1. The van der Waals surface area contributed by atoms with Crippen LogP contribution in [0.15, 0.2) is 11.8 Å². The van der Waals surface area contributed by atoms with Crippen LogP contribution in [0.1, 0.15) is 47.0 Å². The van der Waals surface area contributed by atoms with Crippen LogP contribution in [0.25, 0.3) is 0 Å². The molecule has 0 aliphatic rings. The lowest BCUT2D eigenvalue weighted by molar-refractivity contribution is -0.138. The van der Waals surface area contributed by atoms with Gasteiger partial charge in [0.1, 0.15) is 0 Å². The predicted octanol–water partition coefficient (Wildman–Crippen LogP) is 3.33. The van der Waals surface area contributed by atoms with Crippen molar-refractivity contribution in [1.29, 1.82) is 0 Å². The Kier molecular flexibility index (Phi) is 13.1. The van der Waals surface area contributed by atoms with Crippen LogP contribution in [0.2, 0.25) is 0 Å². The number of hydrogen-bond donors (Lipinski definition) is 1. The maximum absolute atomic E-state index is 11.6. The van der Waals surface area contributed by atoms with Gasteiger partial charge < -0.3 is 14.8 Å². The minimum absolute atomic E-state index is 0.120. The molecule has 0 atom stereocenters. The summed E-state index contributed by atoms with van der Waals surface area (Å²) in [5.41, 5.74) is 0.894. The Morgan fingerprint density at radius 2 is 1.90 bits per heavy atom. The molecule has 0 aliphatic carbocycles. The van der Waals surface area contributed by atoms with Gasteiger partial charge in [0.05, 0.1) is 0 Å². The van der Waals surface area contributed by atoms with Gasteiger partial charge in [0, 0.05) is 43.7 Å². The van der Waals surface area contributed by atoms with Crippen LogP contribution in [-0.2, 0) is 14.3 Å². The molecule has 1 N–H and O–H groups in total. The van der Waals surface area contributed by atoms with E-state index in [2.05, 4.69) is 12.2 Å². The van der Waals surface area contributed by atoms with Crippen molar-refractivity contribution in [2.24, 2.45) is 0 Å². The summed E-state index contributed by atoms with van der Waals surface area (Å²) in [6, 6.07) is 0. The van der Waals surface area contributed by atoms with Crippen molar-refractivity contribution in [3.05, 3.63) is 11.8 Å². The minimum atomic E-state index is -0.167. The molecule has 0 aromatic heterocycles. The zero-order valence-corrected chi connectivity index (χ0v) is 14.1. The van der Waals surface area contributed by atoms with Crippen molar-refractivity contribution < 1.29 is 14.3 Å². The normalized spacial score (nSPS) is 11.9. The van der Waals surface area contributed by atoms with Crippen molar-refractivity contribution in [2.75, 3.05) is 25.5 Å². The lowest BCUT2D eigenvalue weighted by Crippen LogP contribution is -2.24. The van der Waals surface area contributed by atoms with Gasteiger partial charge in [-0.25, -0.2) is 0 Å². The number of ether oxygens (including phenoxy) is 2. The Labute approximate surface area is 127 Å². The fourth-order valence-electron chi connectivity index (χ4n) is 1.56. The van der Waals surface area contributed by atoms with Crippen LogP contribution < -0.4 is 5.32 Å². The topological polar surface area (TPSA) is 47.6 Å². The fourth-order valence-corrected chi connectivity index (χ4v) is 2.45. The van der Waals surface area contributed by atoms with E-state index in [1.54, 1.807) is 6.08 Å². The van der Waals surface area contributed by atoms with Crippen LogP contribution in [0, 0.1) is 0 Å². The fraction of sp³-hybridized carbons (Fsp3) is 0.800. The SMILES string of the molecule is CCCCSC(=O)/C=C(\C)NCCC(OCC)OCC. The van der Waals surface area contributed by atoms with Crippen LogP contribution in [0.3, 0.4) is 0 Å². The van der Waals surface area contributed by atoms with E-state index < -0.39 is 0 Å². The number of allylic oxidation sites excluding steroid dienone is 1. The van der Waals surface area contributed by atoms with Gasteiger partial charge in [-0.1, -0.05) is 25.1 Å². The molecule has 0 fully saturated rings. The standard InChI is InChI=1S/C15H29NO3S/c1-5-8-11-20-14(17)12-13(4)16-10-9-15(18-6-2)19-7-3/h12,15-16H,5-11H2,1-4H3/b13-12+. The molecule has 0 saturated carbocycles. The van der Waals surface area contributed by atoms with Crippen molar-refractivity contribution in [2.45, 2.75) is 53.2 Å². The molecule has 0 aliphatic heterocycles. The summed E-state index contributed by atoms with van der Waals surface area (Å²) in [5, 5.41) is 3.34. The molecule has 0 amide bonds. The van der Waals surface area contributed by atoms with Gasteiger partial charge in [0.2, 0.25) is 5.12 Å². The second kappa shape index (κ2) is 13.5. The number of carbonyl (C=O) groups excluding carboxylic acids is 1. The molecule has 0 spiro atoms. The highest BCUT2D eigenvalue weighted by atomic mass is 32.2. The van der Waals surface area contributed by atoms with Crippen LogP contribution in [0.4, 0.5) is 0 Å². The highest BCUT2D eigenvalue weighted by Gasteiger charge is 2.07. The van der Waals surface area contributed by atoms with Gasteiger partial charge >= 0.3 is 0 Å². The van der Waals surface area contributed by atoms with Crippen molar-refractivity contribution in [3.8, 4) is 0 Å². The second-order valence-corrected chi connectivity index (χ2v) is 5.50. The average Bonchev–Trinajstić information content (AvgIpc) is 2.39. The Bertz CT molecular complexity index is 276. The van der Waals surface area contributed by atoms with E-state index in [1.807, 2.05) is 20.8 Å². The first-order chi connectivity index (χ1) is 9.63. The highest BCUT2D eigenvalue weighted by Crippen LogP contribution is 2.08. The van der Waals surface area contributed by atoms with Crippen LogP contribution in [0.5, 0.6) is 0 Å². The van der Waals surface area contributed by atoms with Gasteiger partial charge in [0.25, 0.3) is 0 Å². The van der Waals surface area contributed by atoms with Gasteiger partial charge in [-0.05, 0) is 27.2 Å². The zero-order valence-electron chi connectivity index (χ0n) is 13.2. The van der Waals surface area contributed by atoms with Gasteiger partial charge in [-0.15, -0.1) is 0 Å². The van der Waals surface area contributed by atoms with Gasteiger partial charge in [-0.3, -0.25) is 4.79 Å². The molecular formula is C15H29NO3S. The molecular weight excluding hydrogens is 274 g/mol. The first kappa shape index (κ1) is 19.5. The lowest BCUT2D eigenvalue weighted by Gasteiger charge is -2.17. The molecule has 118 valence electrons. The first-order valence-corrected chi connectivity index (χ1v) is 8.44. The predicted molar refractivity (Wildman–Crippen MR) is 85.8 cm³/mol. The second-order valence-electron chi connectivity index (χ2n) is 4.40. The molecule has 4 nitrogen and oxygen atoms in total. The van der Waals surface area contributed by atoms with E-state index >= 15 is 0 Å². The maximum Gasteiger partial charge on any atom is 0.213 e. The quantitative estimate of drug-likeness (QED) is 0.340. The monoisotopic (exact) mass is 303 g/mol. The molecule has 5 heteroatoms. The molecule has 0 saturated heterocycles. The summed E-state index contributed by atoms with van der Waals surface area (Å²) in [6.45, 7) is 9.97. The smallest absolute Gasteiger partial charge is 0.213 e.